The minimum Gasteiger partial charge on any atom is -0.322 e. The van der Waals surface area contributed by atoms with E-state index in [0.717, 1.165) is 28.1 Å². The summed E-state index contributed by atoms with van der Waals surface area (Å²) < 4.78 is 27.0. The maximum Gasteiger partial charge on any atom is 0.244 e. The smallest absolute Gasteiger partial charge is 0.244 e. The van der Waals surface area contributed by atoms with Gasteiger partial charge in [0.05, 0.1) is 29.2 Å². The van der Waals surface area contributed by atoms with Crippen molar-refractivity contribution in [2.24, 2.45) is 4.99 Å². The SMILES string of the molecule is Cc1cc2c(cc1C)N(CC(=O)Nc1ccc(F)cc1F)C(=O)CC(c1cccs1)=N2. The highest BCUT2D eigenvalue weighted by molar-refractivity contribution is 7.12. The number of carbonyl (C=O) groups is 2. The zero-order valence-electron chi connectivity index (χ0n) is 16.9. The second-order valence-corrected chi connectivity index (χ2v) is 8.24. The average Bonchev–Trinajstić information content (AvgIpc) is 3.21. The van der Waals surface area contributed by atoms with Crippen LogP contribution < -0.4 is 10.2 Å². The van der Waals surface area contributed by atoms with Gasteiger partial charge >= 0.3 is 0 Å². The van der Waals surface area contributed by atoms with Crippen molar-refractivity contribution < 1.29 is 18.4 Å². The molecule has 0 atom stereocenters. The third-order valence-corrected chi connectivity index (χ3v) is 5.99. The first-order chi connectivity index (χ1) is 14.8. The molecule has 1 aromatic heterocycles. The molecule has 0 saturated heterocycles. The van der Waals surface area contributed by atoms with E-state index in [2.05, 4.69) is 5.32 Å². The number of anilines is 2. The molecule has 1 N–H and O–H groups in total. The molecule has 0 fully saturated rings. The van der Waals surface area contributed by atoms with Gasteiger partial charge in [0.25, 0.3) is 0 Å². The summed E-state index contributed by atoms with van der Waals surface area (Å²) in [4.78, 5) is 32.8. The third kappa shape index (κ3) is 4.39. The van der Waals surface area contributed by atoms with Gasteiger partial charge < -0.3 is 10.2 Å². The summed E-state index contributed by atoms with van der Waals surface area (Å²) in [5.74, 6) is -2.51. The number of benzene rings is 2. The van der Waals surface area contributed by atoms with E-state index < -0.39 is 17.5 Å². The number of fused-ring (bicyclic) bond motifs is 1. The number of nitrogens with one attached hydrogen (secondary N) is 1. The molecule has 1 aliphatic heterocycles. The van der Waals surface area contributed by atoms with E-state index in [1.807, 2.05) is 43.5 Å². The maximum atomic E-state index is 13.9. The molecule has 0 radical (unpaired) electrons. The van der Waals surface area contributed by atoms with Crippen LogP contribution in [0.15, 0.2) is 52.8 Å². The normalized spacial score (nSPS) is 13.5. The third-order valence-electron chi connectivity index (χ3n) is 5.07. The number of amides is 2. The van der Waals surface area contributed by atoms with E-state index in [1.165, 1.54) is 16.2 Å². The molecular formula is C23H19F2N3O2S. The summed E-state index contributed by atoms with van der Waals surface area (Å²) in [6.45, 7) is 3.55. The summed E-state index contributed by atoms with van der Waals surface area (Å²) in [5, 5.41) is 4.33. The lowest BCUT2D eigenvalue weighted by molar-refractivity contribution is -0.120. The van der Waals surface area contributed by atoms with Crippen molar-refractivity contribution in [3.63, 3.8) is 0 Å². The fourth-order valence-electron chi connectivity index (χ4n) is 3.33. The molecule has 158 valence electrons. The van der Waals surface area contributed by atoms with Crippen LogP contribution in [-0.4, -0.2) is 24.1 Å². The Balaban J connectivity index is 1.66. The average molecular weight is 439 g/mol. The molecule has 0 unspecified atom stereocenters. The number of hydrogen-bond donors (Lipinski definition) is 1. The van der Waals surface area contributed by atoms with E-state index >= 15 is 0 Å². The summed E-state index contributed by atoms with van der Waals surface area (Å²) in [6.07, 6.45) is 0.0332. The summed E-state index contributed by atoms with van der Waals surface area (Å²) in [5.41, 5.74) is 3.57. The number of rotatable bonds is 4. The predicted molar refractivity (Wildman–Crippen MR) is 118 cm³/mol. The Morgan fingerprint density at radius 2 is 1.94 bits per heavy atom. The molecule has 4 rings (SSSR count). The fourth-order valence-corrected chi connectivity index (χ4v) is 4.05. The van der Waals surface area contributed by atoms with Crippen LogP contribution in [0.25, 0.3) is 0 Å². The minimum atomic E-state index is -0.884. The van der Waals surface area contributed by atoms with Crippen LogP contribution in [0.4, 0.5) is 25.8 Å². The van der Waals surface area contributed by atoms with Gasteiger partial charge in [-0.05, 0) is 60.7 Å². The molecular weight excluding hydrogens is 420 g/mol. The molecule has 2 aromatic carbocycles. The van der Waals surface area contributed by atoms with E-state index in [4.69, 9.17) is 4.99 Å². The Bertz CT molecular complexity index is 1210. The molecule has 0 bridgehead atoms. The highest BCUT2D eigenvalue weighted by Gasteiger charge is 2.28. The van der Waals surface area contributed by atoms with Gasteiger partial charge in [-0.3, -0.25) is 9.59 Å². The van der Waals surface area contributed by atoms with Gasteiger partial charge in [0.1, 0.15) is 18.2 Å². The van der Waals surface area contributed by atoms with Gasteiger partial charge in [0.15, 0.2) is 0 Å². The van der Waals surface area contributed by atoms with Gasteiger partial charge in [-0.1, -0.05) is 6.07 Å². The number of aryl methyl sites for hydroxylation is 2. The van der Waals surface area contributed by atoms with Crippen LogP contribution in [0, 0.1) is 25.5 Å². The highest BCUT2D eigenvalue weighted by Crippen LogP contribution is 2.36. The quantitative estimate of drug-likeness (QED) is 0.612. The predicted octanol–water partition coefficient (Wildman–Crippen LogP) is 5.14. The Kier molecular flexibility index (Phi) is 5.65. The first-order valence-corrected chi connectivity index (χ1v) is 10.5. The number of hydrogen-bond acceptors (Lipinski definition) is 4. The summed E-state index contributed by atoms with van der Waals surface area (Å²) in [7, 11) is 0. The second-order valence-electron chi connectivity index (χ2n) is 7.29. The highest BCUT2D eigenvalue weighted by atomic mass is 32.1. The lowest BCUT2D eigenvalue weighted by atomic mass is 10.1. The largest absolute Gasteiger partial charge is 0.322 e. The van der Waals surface area contributed by atoms with Crippen molar-refractivity contribution in [2.75, 3.05) is 16.8 Å². The Hall–Kier alpha value is -3.39. The van der Waals surface area contributed by atoms with Crippen LogP contribution in [0.2, 0.25) is 0 Å². The van der Waals surface area contributed by atoms with E-state index in [0.29, 0.717) is 23.2 Å². The van der Waals surface area contributed by atoms with Gasteiger partial charge in [-0.2, -0.15) is 0 Å². The molecule has 31 heavy (non-hydrogen) atoms. The number of carbonyl (C=O) groups excluding carboxylic acids is 2. The summed E-state index contributed by atoms with van der Waals surface area (Å²) in [6, 6.07) is 10.4. The monoisotopic (exact) mass is 439 g/mol. The molecule has 0 saturated carbocycles. The van der Waals surface area contributed by atoms with Crippen molar-refractivity contribution in [1.29, 1.82) is 0 Å². The van der Waals surface area contributed by atoms with Gasteiger partial charge in [0, 0.05) is 10.9 Å². The molecule has 5 nitrogen and oxygen atoms in total. The van der Waals surface area contributed by atoms with Crippen LogP contribution in [0.5, 0.6) is 0 Å². The first-order valence-electron chi connectivity index (χ1n) is 9.60. The first kappa shape index (κ1) is 20.9. The standard InChI is InChI=1S/C23H19F2N3O2S/c1-13-8-18-20(9-14(13)2)28(23(30)11-19(26-18)21-4-3-7-31-21)12-22(29)27-17-6-5-15(24)10-16(17)25/h3-10H,11-12H2,1-2H3,(H,27,29). The van der Waals surface area contributed by atoms with Crippen LogP contribution in [0.3, 0.4) is 0 Å². The van der Waals surface area contributed by atoms with Crippen molar-refractivity contribution >= 4 is 45.9 Å². The Morgan fingerprint density at radius 1 is 1.16 bits per heavy atom. The lowest BCUT2D eigenvalue weighted by Crippen LogP contribution is -2.38. The number of nitrogens with zero attached hydrogens (tertiary/aromatic N) is 2. The van der Waals surface area contributed by atoms with Crippen LogP contribution in [0.1, 0.15) is 22.4 Å². The van der Waals surface area contributed by atoms with Crippen LogP contribution in [-0.2, 0) is 9.59 Å². The lowest BCUT2D eigenvalue weighted by Gasteiger charge is -2.23. The summed E-state index contributed by atoms with van der Waals surface area (Å²) >= 11 is 1.49. The number of thiophene rings is 1. The second kappa shape index (κ2) is 8.39. The Morgan fingerprint density at radius 3 is 2.65 bits per heavy atom. The van der Waals surface area contributed by atoms with Crippen molar-refractivity contribution in [2.45, 2.75) is 20.3 Å². The van der Waals surface area contributed by atoms with Crippen LogP contribution >= 0.6 is 11.3 Å². The molecule has 8 heteroatoms. The van der Waals surface area contributed by atoms with Gasteiger partial charge in [-0.15, -0.1) is 11.3 Å². The molecule has 2 heterocycles. The van der Waals surface area contributed by atoms with E-state index in [9.17, 15) is 18.4 Å². The minimum absolute atomic E-state index is 0.0332. The zero-order valence-corrected chi connectivity index (χ0v) is 17.7. The molecule has 2 amide bonds. The fraction of sp³-hybridized carbons (Fsp3) is 0.174. The van der Waals surface area contributed by atoms with Gasteiger partial charge in [0.2, 0.25) is 11.8 Å². The maximum absolute atomic E-state index is 13.9. The molecule has 1 aliphatic rings. The van der Waals surface area contributed by atoms with Gasteiger partial charge in [-0.25, -0.2) is 13.8 Å². The molecule has 0 spiro atoms. The topological polar surface area (TPSA) is 61.8 Å². The molecule has 0 aliphatic carbocycles. The number of aliphatic imine (C=N–C) groups is 1. The van der Waals surface area contributed by atoms with E-state index in [-0.39, 0.29) is 24.6 Å². The van der Waals surface area contributed by atoms with Crippen molar-refractivity contribution in [1.82, 2.24) is 0 Å². The van der Waals surface area contributed by atoms with Crippen molar-refractivity contribution in [3.05, 3.63) is 75.5 Å². The molecule has 3 aromatic rings. The van der Waals surface area contributed by atoms with Crippen molar-refractivity contribution in [3.8, 4) is 0 Å². The zero-order chi connectivity index (χ0) is 22.1. The number of halogens is 2. The Labute approximate surface area is 182 Å². The van der Waals surface area contributed by atoms with E-state index in [1.54, 1.807) is 0 Å².